The van der Waals surface area contributed by atoms with Gasteiger partial charge in [-0.05, 0) is 50.2 Å². The number of ether oxygens (including phenoxy) is 5. The van der Waals surface area contributed by atoms with Crippen molar-refractivity contribution in [3.05, 3.63) is 72.8 Å². The number of nitrogens with two attached hydrogens (primary N) is 1. The summed E-state index contributed by atoms with van der Waals surface area (Å²) >= 11 is 0. The third kappa shape index (κ3) is 8.49. The van der Waals surface area contributed by atoms with E-state index in [0.717, 1.165) is 23.0 Å². The van der Waals surface area contributed by atoms with E-state index in [0.29, 0.717) is 26.4 Å². The van der Waals surface area contributed by atoms with Crippen molar-refractivity contribution in [1.82, 2.24) is 0 Å². The maximum Gasteiger partial charge on any atom is 0.241 e. The molecule has 0 aromatic heterocycles. The van der Waals surface area contributed by atoms with E-state index in [1.807, 2.05) is 62.4 Å². The maximum absolute atomic E-state index is 10.9. The van der Waals surface area contributed by atoms with Crippen molar-refractivity contribution >= 4 is 10.0 Å². The van der Waals surface area contributed by atoms with Crippen LogP contribution in [-0.2, 0) is 10.0 Å². The van der Waals surface area contributed by atoms with E-state index in [4.69, 9.17) is 28.8 Å². The third-order valence-electron chi connectivity index (χ3n) is 4.27. The van der Waals surface area contributed by atoms with Gasteiger partial charge in [-0.1, -0.05) is 36.4 Å². The molecule has 0 fully saturated rings. The summed E-state index contributed by atoms with van der Waals surface area (Å²) in [6.45, 7) is 5.99. The van der Waals surface area contributed by atoms with E-state index in [-0.39, 0.29) is 10.6 Å². The Labute approximate surface area is 201 Å². The molecule has 0 spiro atoms. The van der Waals surface area contributed by atoms with Crippen LogP contribution in [0.1, 0.15) is 13.8 Å². The second-order valence-corrected chi connectivity index (χ2v) is 8.18. The van der Waals surface area contributed by atoms with Gasteiger partial charge >= 0.3 is 0 Å². The fourth-order valence-electron chi connectivity index (χ4n) is 2.85. The quantitative estimate of drug-likeness (QED) is 0.401. The lowest BCUT2D eigenvalue weighted by atomic mass is 10.3. The molecule has 0 aliphatic heterocycles. The Morgan fingerprint density at radius 2 is 0.971 bits per heavy atom. The Balaban J connectivity index is 0.000000287. The highest BCUT2D eigenvalue weighted by Crippen LogP contribution is 2.28. The Morgan fingerprint density at radius 3 is 1.29 bits per heavy atom. The zero-order valence-corrected chi connectivity index (χ0v) is 20.4. The molecule has 8 nitrogen and oxygen atoms in total. The zero-order valence-electron chi connectivity index (χ0n) is 19.6. The Morgan fingerprint density at radius 1 is 0.618 bits per heavy atom. The topological polar surface area (TPSA) is 106 Å². The van der Waals surface area contributed by atoms with E-state index in [2.05, 4.69) is 0 Å². The van der Waals surface area contributed by atoms with E-state index >= 15 is 0 Å². The Hall–Kier alpha value is -3.43. The Bertz CT molecular complexity index is 1070. The van der Waals surface area contributed by atoms with Crippen molar-refractivity contribution in [2.24, 2.45) is 5.14 Å². The fraction of sp³-hybridized carbons (Fsp3) is 0.280. The molecule has 0 saturated heterocycles. The average molecular weight is 490 g/mol. The Kier molecular flexibility index (Phi) is 11.0. The highest BCUT2D eigenvalue weighted by molar-refractivity contribution is 7.89. The first-order valence-electron chi connectivity index (χ1n) is 10.8. The van der Waals surface area contributed by atoms with Crippen molar-refractivity contribution in [3.8, 4) is 28.7 Å². The second-order valence-electron chi connectivity index (χ2n) is 6.65. The summed E-state index contributed by atoms with van der Waals surface area (Å²) in [6, 6.07) is 21.4. The van der Waals surface area contributed by atoms with Crippen LogP contribution in [0.15, 0.2) is 77.7 Å². The SMILES string of the molecule is CCOc1ccccc1OCCOc1ccccc1OCC.COc1ccccc1S(N)(=O)=O. The lowest BCUT2D eigenvalue weighted by Gasteiger charge is -2.13. The largest absolute Gasteiger partial charge is 0.495 e. The number of methoxy groups -OCH3 is 1. The second kappa shape index (κ2) is 14.0. The molecule has 0 aliphatic carbocycles. The van der Waals surface area contributed by atoms with Gasteiger partial charge in [-0.25, -0.2) is 13.6 Å². The van der Waals surface area contributed by atoms with E-state index in [9.17, 15) is 8.42 Å². The maximum atomic E-state index is 10.9. The molecule has 0 radical (unpaired) electrons. The van der Waals surface area contributed by atoms with Crippen LogP contribution in [0.2, 0.25) is 0 Å². The van der Waals surface area contributed by atoms with Crippen LogP contribution in [0.25, 0.3) is 0 Å². The van der Waals surface area contributed by atoms with Crippen LogP contribution in [-0.4, -0.2) is 42.0 Å². The number of primary sulfonamides is 1. The number of hydrogen-bond acceptors (Lipinski definition) is 7. The van der Waals surface area contributed by atoms with Gasteiger partial charge in [0.15, 0.2) is 23.0 Å². The van der Waals surface area contributed by atoms with Crippen LogP contribution >= 0.6 is 0 Å². The van der Waals surface area contributed by atoms with Crippen LogP contribution < -0.4 is 28.8 Å². The van der Waals surface area contributed by atoms with Crippen LogP contribution in [0.5, 0.6) is 28.7 Å². The van der Waals surface area contributed by atoms with Crippen LogP contribution in [0, 0.1) is 0 Å². The van der Waals surface area contributed by atoms with E-state index < -0.39 is 10.0 Å². The fourth-order valence-corrected chi connectivity index (χ4v) is 3.55. The average Bonchev–Trinajstić information content (AvgIpc) is 2.84. The highest BCUT2D eigenvalue weighted by Gasteiger charge is 2.12. The van der Waals surface area contributed by atoms with Gasteiger partial charge < -0.3 is 23.7 Å². The van der Waals surface area contributed by atoms with Crippen LogP contribution in [0.4, 0.5) is 0 Å². The lowest BCUT2D eigenvalue weighted by Crippen LogP contribution is -2.13. The molecule has 9 heteroatoms. The predicted octanol–water partition coefficient (Wildman–Crippen LogP) is 4.28. The normalized spacial score (nSPS) is 10.5. The summed E-state index contributed by atoms with van der Waals surface area (Å²) in [7, 11) is -2.28. The summed E-state index contributed by atoms with van der Waals surface area (Å²) in [5.41, 5.74) is 0. The minimum absolute atomic E-state index is 0.00694. The number of benzene rings is 3. The minimum atomic E-state index is -3.67. The van der Waals surface area contributed by atoms with Crippen LogP contribution in [0.3, 0.4) is 0 Å². The van der Waals surface area contributed by atoms with Gasteiger partial charge in [-0.2, -0.15) is 0 Å². The summed E-state index contributed by atoms with van der Waals surface area (Å²) in [5.74, 6) is 3.22. The molecule has 3 aromatic rings. The van der Waals surface area contributed by atoms with Crippen molar-refractivity contribution in [2.75, 3.05) is 33.5 Å². The number of rotatable bonds is 11. The molecule has 184 valence electrons. The van der Waals surface area contributed by atoms with Gasteiger partial charge in [-0.15, -0.1) is 0 Å². The molecule has 0 aliphatic rings. The molecule has 0 unspecified atom stereocenters. The molecule has 0 bridgehead atoms. The third-order valence-corrected chi connectivity index (χ3v) is 5.22. The summed E-state index contributed by atoms with van der Waals surface area (Å²) in [5, 5.41) is 4.93. The number of para-hydroxylation sites is 5. The molecular weight excluding hydrogens is 458 g/mol. The molecule has 34 heavy (non-hydrogen) atoms. The van der Waals surface area contributed by atoms with Gasteiger partial charge in [0.05, 0.1) is 20.3 Å². The monoisotopic (exact) mass is 489 g/mol. The van der Waals surface area contributed by atoms with Crippen molar-refractivity contribution in [2.45, 2.75) is 18.7 Å². The predicted molar refractivity (Wildman–Crippen MR) is 131 cm³/mol. The molecule has 0 saturated carbocycles. The zero-order chi connectivity index (χ0) is 24.8. The smallest absolute Gasteiger partial charge is 0.241 e. The standard InChI is InChI=1S/C18H22O4.C7H9NO3S/c1-3-19-15-9-5-7-11-17(15)21-13-14-22-18-12-8-6-10-16(18)20-4-2;1-11-6-4-2-3-5-7(6)12(8,9)10/h5-12H,3-4,13-14H2,1-2H3;2-5H,1H3,(H2,8,9,10). The molecule has 0 amide bonds. The van der Waals surface area contributed by atoms with Crippen molar-refractivity contribution in [1.29, 1.82) is 0 Å². The molecule has 2 N–H and O–H groups in total. The molecule has 3 rings (SSSR count). The first kappa shape index (κ1) is 26.8. The molecule has 0 heterocycles. The van der Waals surface area contributed by atoms with Crippen molar-refractivity contribution < 1.29 is 32.1 Å². The molecular formula is C25H31NO7S. The summed E-state index contributed by atoms with van der Waals surface area (Å²) in [6.07, 6.45) is 0. The molecule has 3 aromatic carbocycles. The first-order valence-corrected chi connectivity index (χ1v) is 12.3. The minimum Gasteiger partial charge on any atom is -0.495 e. The van der Waals surface area contributed by atoms with Gasteiger partial charge in [0.1, 0.15) is 23.9 Å². The van der Waals surface area contributed by atoms with Gasteiger partial charge in [0, 0.05) is 0 Å². The number of hydrogen-bond donors (Lipinski definition) is 1. The summed E-state index contributed by atoms with van der Waals surface area (Å²) < 4.78 is 49.1. The highest BCUT2D eigenvalue weighted by atomic mass is 32.2. The lowest BCUT2D eigenvalue weighted by molar-refractivity contribution is 0.201. The van der Waals surface area contributed by atoms with Gasteiger partial charge in [-0.3, -0.25) is 0 Å². The van der Waals surface area contributed by atoms with Crippen molar-refractivity contribution in [3.63, 3.8) is 0 Å². The van der Waals surface area contributed by atoms with E-state index in [1.165, 1.54) is 13.2 Å². The number of sulfonamides is 1. The van der Waals surface area contributed by atoms with E-state index in [1.54, 1.807) is 18.2 Å². The summed E-state index contributed by atoms with van der Waals surface area (Å²) in [4.78, 5) is 0.00694. The first-order chi connectivity index (χ1) is 16.4. The molecule has 0 atom stereocenters. The van der Waals surface area contributed by atoms with Gasteiger partial charge in [0.2, 0.25) is 10.0 Å². The van der Waals surface area contributed by atoms with Gasteiger partial charge in [0.25, 0.3) is 0 Å².